The summed E-state index contributed by atoms with van der Waals surface area (Å²) in [5, 5.41) is 19.8. The number of aromatic nitrogens is 1. The molecule has 1 atom stereocenters. The summed E-state index contributed by atoms with van der Waals surface area (Å²) in [5.74, 6) is -0.175. The second-order valence-corrected chi connectivity index (χ2v) is 7.13. The van der Waals surface area contributed by atoms with Crippen molar-refractivity contribution in [1.82, 2.24) is 10.3 Å². The number of nitrogens with zero attached hydrogens (tertiary/aromatic N) is 1. The molecule has 8 nitrogen and oxygen atoms in total. The first-order valence-electron chi connectivity index (χ1n) is 9.57. The molecule has 9 heteroatoms. The number of furan rings is 1. The van der Waals surface area contributed by atoms with Gasteiger partial charge in [0.05, 0.1) is 10.7 Å². The molecule has 0 fully saturated rings. The fourth-order valence-electron chi connectivity index (χ4n) is 2.96. The lowest BCUT2D eigenvalue weighted by Gasteiger charge is -2.14. The molecule has 0 saturated heterocycles. The van der Waals surface area contributed by atoms with E-state index >= 15 is 0 Å². The van der Waals surface area contributed by atoms with E-state index in [1.807, 2.05) is 6.07 Å². The van der Waals surface area contributed by atoms with Gasteiger partial charge in [0.15, 0.2) is 0 Å². The van der Waals surface area contributed by atoms with Crippen LogP contribution in [0, 0.1) is 0 Å². The molecule has 0 aliphatic carbocycles. The number of unbranched alkanes of at least 4 members (excludes halogenated alkanes) is 1. The number of carbonyl (C=O) groups is 2. The highest BCUT2D eigenvalue weighted by Gasteiger charge is 2.22. The van der Waals surface area contributed by atoms with E-state index in [0.717, 1.165) is 0 Å². The van der Waals surface area contributed by atoms with E-state index in [9.17, 15) is 14.7 Å². The van der Waals surface area contributed by atoms with Crippen LogP contribution in [0.2, 0.25) is 5.02 Å². The first-order chi connectivity index (χ1) is 14.5. The number of hydrogen-bond acceptors (Lipinski definition) is 6. The second kappa shape index (κ2) is 10.1. The van der Waals surface area contributed by atoms with Gasteiger partial charge in [-0.05, 0) is 43.5 Å². The molecular formula is C21H23ClN4O4. The minimum absolute atomic E-state index is 0.0342. The molecule has 0 radical (unpaired) electrons. The Hall–Kier alpha value is -3.10. The van der Waals surface area contributed by atoms with Crippen molar-refractivity contribution in [2.75, 3.05) is 17.7 Å². The number of aliphatic hydroxyl groups excluding tert-OH is 1. The van der Waals surface area contributed by atoms with Gasteiger partial charge in [0.25, 0.3) is 5.91 Å². The van der Waals surface area contributed by atoms with Crippen molar-refractivity contribution in [3.63, 3.8) is 0 Å². The molecule has 4 N–H and O–H groups in total. The maximum Gasteiger partial charge on any atom is 0.294 e. The van der Waals surface area contributed by atoms with Crippen molar-refractivity contribution >= 4 is 45.9 Å². The fourth-order valence-corrected chi connectivity index (χ4v) is 3.07. The molecule has 1 unspecified atom stereocenters. The minimum Gasteiger partial charge on any atom is -0.449 e. The molecule has 0 saturated carbocycles. The second-order valence-electron chi connectivity index (χ2n) is 6.70. The molecule has 2 heterocycles. The Labute approximate surface area is 178 Å². The molecule has 2 amide bonds. The summed E-state index contributed by atoms with van der Waals surface area (Å²) in [6, 6.07) is 10.4. The van der Waals surface area contributed by atoms with Crippen LogP contribution in [0.4, 0.5) is 11.5 Å². The van der Waals surface area contributed by atoms with Crippen LogP contribution >= 0.6 is 11.6 Å². The smallest absolute Gasteiger partial charge is 0.294 e. The van der Waals surface area contributed by atoms with E-state index in [4.69, 9.17) is 16.0 Å². The summed E-state index contributed by atoms with van der Waals surface area (Å²) >= 11 is 5.83. The molecule has 158 valence electrons. The van der Waals surface area contributed by atoms with Crippen molar-refractivity contribution in [3.05, 3.63) is 53.4 Å². The Balaban J connectivity index is 1.73. The predicted molar refractivity (Wildman–Crippen MR) is 116 cm³/mol. The highest BCUT2D eigenvalue weighted by atomic mass is 35.5. The molecule has 2 aromatic heterocycles. The number of anilines is 2. The van der Waals surface area contributed by atoms with Gasteiger partial charge >= 0.3 is 0 Å². The fraction of sp³-hybridized carbons (Fsp3) is 0.286. The Kier molecular flexibility index (Phi) is 7.26. The van der Waals surface area contributed by atoms with E-state index in [0.29, 0.717) is 53.2 Å². The Morgan fingerprint density at radius 1 is 1.20 bits per heavy atom. The molecule has 0 spiro atoms. The Morgan fingerprint density at radius 2 is 2.00 bits per heavy atom. The van der Waals surface area contributed by atoms with Gasteiger partial charge in [-0.3, -0.25) is 9.59 Å². The first kappa shape index (κ1) is 21.6. The third-order valence-corrected chi connectivity index (χ3v) is 4.72. The number of para-hydroxylation sites is 1. The van der Waals surface area contributed by atoms with Gasteiger partial charge in [0, 0.05) is 25.1 Å². The van der Waals surface area contributed by atoms with Gasteiger partial charge in [-0.2, -0.15) is 0 Å². The Bertz CT molecular complexity index is 1020. The van der Waals surface area contributed by atoms with Gasteiger partial charge < -0.3 is 25.5 Å². The van der Waals surface area contributed by atoms with Crippen molar-refractivity contribution in [3.8, 4) is 0 Å². The van der Waals surface area contributed by atoms with Gasteiger partial charge in [0.1, 0.15) is 17.6 Å². The van der Waals surface area contributed by atoms with Gasteiger partial charge in [0.2, 0.25) is 11.7 Å². The normalized spacial score (nSPS) is 11.8. The summed E-state index contributed by atoms with van der Waals surface area (Å²) in [5.41, 5.74) is 0.914. The van der Waals surface area contributed by atoms with Gasteiger partial charge in [-0.25, -0.2) is 4.98 Å². The standard InChI is InChI=1S/C21H23ClN4O4/c1-23-17(27)8-4-5-9-18(28)26-19-14-6-2-3-7-15(14)30-20(19)21(29)25-16-11-10-13(22)12-24-16/h2-3,6-7,10-12,18,26,28H,4-5,8-9H2,1H3,(H,23,27)(H,24,25,29). The molecular weight excluding hydrogens is 408 g/mol. The van der Waals surface area contributed by atoms with E-state index in [1.54, 1.807) is 37.4 Å². The third kappa shape index (κ3) is 5.49. The number of halogens is 1. The van der Waals surface area contributed by atoms with E-state index in [2.05, 4.69) is 20.9 Å². The van der Waals surface area contributed by atoms with Crippen LogP contribution in [-0.2, 0) is 4.79 Å². The maximum atomic E-state index is 12.8. The average molecular weight is 431 g/mol. The zero-order valence-electron chi connectivity index (χ0n) is 16.4. The summed E-state index contributed by atoms with van der Waals surface area (Å²) in [6.45, 7) is 0. The van der Waals surface area contributed by atoms with E-state index in [1.165, 1.54) is 6.20 Å². The Morgan fingerprint density at radius 3 is 2.73 bits per heavy atom. The lowest BCUT2D eigenvalue weighted by molar-refractivity contribution is -0.120. The number of fused-ring (bicyclic) bond motifs is 1. The number of pyridine rings is 1. The van der Waals surface area contributed by atoms with Gasteiger partial charge in [-0.15, -0.1) is 0 Å². The highest BCUT2D eigenvalue weighted by Crippen LogP contribution is 2.32. The number of benzene rings is 1. The van der Waals surface area contributed by atoms with Crippen molar-refractivity contribution in [2.45, 2.75) is 31.9 Å². The molecule has 1 aromatic carbocycles. The molecule has 30 heavy (non-hydrogen) atoms. The lowest BCUT2D eigenvalue weighted by Crippen LogP contribution is -2.22. The van der Waals surface area contributed by atoms with Gasteiger partial charge in [-0.1, -0.05) is 23.7 Å². The SMILES string of the molecule is CNC(=O)CCCCC(O)Nc1c(C(=O)Nc2ccc(Cl)cn2)oc2ccccc12. The zero-order chi connectivity index (χ0) is 21.5. The van der Waals surface area contributed by atoms with Crippen LogP contribution in [0.3, 0.4) is 0 Å². The number of amides is 2. The number of hydrogen-bond donors (Lipinski definition) is 4. The lowest BCUT2D eigenvalue weighted by atomic mass is 10.1. The number of carbonyl (C=O) groups excluding carboxylic acids is 2. The van der Waals surface area contributed by atoms with Crippen molar-refractivity contribution in [1.29, 1.82) is 0 Å². The first-order valence-corrected chi connectivity index (χ1v) is 9.95. The summed E-state index contributed by atoms with van der Waals surface area (Å²) in [6.07, 6.45) is 2.64. The molecule has 3 aromatic rings. The molecule has 3 rings (SSSR count). The average Bonchev–Trinajstić information content (AvgIpc) is 3.11. The summed E-state index contributed by atoms with van der Waals surface area (Å²) < 4.78 is 5.74. The largest absolute Gasteiger partial charge is 0.449 e. The van der Waals surface area contributed by atoms with Crippen molar-refractivity contribution in [2.24, 2.45) is 0 Å². The third-order valence-electron chi connectivity index (χ3n) is 4.49. The van der Waals surface area contributed by atoms with Crippen LogP contribution < -0.4 is 16.0 Å². The quantitative estimate of drug-likeness (QED) is 0.303. The minimum atomic E-state index is -0.907. The van der Waals surface area contributed by atoms with Crippen LogP contribution in [0.15, 0.2) is 47.0 Å². The predicted octanol–water partition coefficient (Wildman–Crippen LogP) is 3.77. The van der Waals surface area contributed by atoms with Crippen molar-refractivity contribution < 1.29 is 19.1 Å². The highest BCUT2D eigenvalue weighted by molar-refractivity contribution is 6.30. The summed E-state index contributed by atoms with van der Waals surface area (Å²) in [4.78, 5) is 28.1. The number of rotatable bonds is 9. The molecule has 0 bridgehead atoms. The monoisotopic (exact) mass is 430 g/mol. The molecule has 0 aliphatic heterocycles. The topological polar surface area (TPSA) is 116 Å². The van der Waals surface area contributed by atoms with E-state index < -0.39 is 12.1 Å². The zero-order valence-corrected chi connectivity index (χ0v) is 17.2. The number of aliphatic hydroxyl groups is 1. The summed E-state index contributed by atoms with van der Waals surface area (Å²) in [7, 11) is 1.59. The molecule has 0 aliphatic rings. The van der Waals surface area contributed by atoms with Crippen LogP contribution in [0.5, 0.6) is 0 Å². The van der Waals surface area contributed by atoms with E-state index in [-0.39, 0.29) is 11.7 Å². The maximum absolute atomic E-state index is 12.8. The van der Waals surface area contributed by atoms with Crippen LogP contribution in [0.25, 0.3) is 11.0 Å². The van der Waals surface area contributed by atoms with Crippen LogP contribution in [0.1, 0.15) is 36.2 Å². The number of nitrogens with one attached hydrogen (secondary N) is 3. The van der Waals surface area contributed by atoms with Crippen LogP contribution in [-0.4, -0.2) is 35.2 Å².